The summed E-state index contributed by atoms with van der Waals surface area (Å²) < 4.78 is 0. The third-order valence-corrected chi connectivity index (χ3v) is 6.57. The number of nitrogens with zero attached hydrogens (tertiary/aromatic N) is 1. The minimum Gasteiger partial charge on any atom is -0.299 e. The summed E-state index contributed by atoms with van der Waals surface area (Å²) in [5.74, 6) is 0.231. The van der Waals surface area contributed by atoms with Gasteiger partial charge in [-0.3, -0.25) is 14.5 Å². The highest BCUT2D eigenvalue weighted by molar-refractivity contribution is 6.22. The van der Waals surface area contributed by atoms with Gasteiger partial charge in [0.1, 0.15) is 5.41 Å². The summed E-state index contributed by atoms with van der Waals surface area (Å²) in [4.78, 5) is 29.8. The largest absolute Gasteiger partial charge is 0.299 e. The second-order valence-corrected chi connectivity index (χ2v) is 8.26. The van der Waals surface area contributed by atoms with Crippen LogP contribution in [0.4, 0.5) is 0 Å². The number of benzene rings is 2. The number of hydrogen-bond donors (Lipinski definition) is 0. The van der Waals surface area contributed by atoms with Gasteiger partial charge in [-0.1, -0.05) is 67.6 Å². The first-order valence-electron chi connectivity index (χ1n) is 8.95. The third kappa shape index (κ3) is 1.69. The summed E-state index contributed by atoms with van der Waals surface area (Å²) in [6.45, 7) is 4.08. The summed E-state index contributed by atoms with van der Waals surface area (Å²) in [5, 5.41) is 0. The highest BCUT2D eigenvalue weighted by atomic mass is 16.2. The second-order valence-electron chi connectivity index (χ2n) is 8.26. The first-order chi connectivity index (χ1) is 12.0. The van der Waals surface area contributed by atoms with Crippen LogP contribution in [-0.2, 0) is 20.4 Å². The van der Waals surface area contributed by atoms with Gasteiger partial charge in [0.2, 0.25) is 0 Å². The monoisotopic (exact) mass is 331 g/mol. The molecule has 4 atom stereocenters. The lowest BCUT2D eigenvalue weighted by molar-refractivity contribution is -0.171. The Hall–Kier alpha value is -2.26. The second kappa shape index (κ2) is 4.67. The Balaban J connectivity index is 1.78. The van der Waals surface area contributed by atoms with Crippen LogP contribution in [-0.4, -0.2) is 36.1 Å². The van der Waals surface area contributed by atoms with Gasteiger partial charge < -0.3 is 0 Å². The molecule has 0 radical (unpaired) electrons. The summed E-state index contributed by atoms with van der Waals surface area (Å²) in [6, 6.07) is 19.8. The zero-order valence-corrected chi connectivity index (χ0v) is 14.4. The molecular formula is C22H21NO2. The molecule has 2 aromatic rings. The summed E-state index contributed by atoms with van der Waals surface area (Å²) in [6.07, 6.45) is 0.632. The molecule has 4 unspecified atom stereocenters. The molecule has 3 aliphatic heterocycles. The topological polar surface area (TPSA) is 37.4 Å². The van der Waals surface area contributed by atoms with E-state index in [2.05, 4.69) is 24.0 Å². The molecule has 3 heteroatoms. The normalized spacial score (nSPS) is 39.0. The van der Waals surface area contributed by atoms with Gasteiger partial charge in [0.05, 0.1) is 5.41 Å². The molecule has 3 heterocycles. The number of Topliss-reactive ketones (excluding diaryl/α,β-unsaturated/α-hetero) is 2. The van der Waals surface area contributed by atoms with E-state index in [9.17, 15) is 9.59 Å². The quantitative estimate of drug-likeness (QED) is 0.794. The number of hydrogen-bond acceptors (Lipinski definition) is 3. The van der Waals surface area contributed by atoms with Crippen LogP contribution >= 0.6 is 0 Å². The lowest BCUT2D eigenvalue weighted by atomic mass is 9.44. The molecule has 0 N–H and O–H groups in total. The maximum Gasteiger partial charge on any atom is 0.163 e. The summed E-state index contributed by atoms with van der Waals surface area (Å²) in [7, 11) is 0. The first kappa shape index (κ1) is 15.0. The van der Waals surface area contributed by atoms with Crippen LogP contribution in [0.3, 0.4) is 0 Å². The Morgan fingerprint density at radius 1 is 0.760 bits per heavy atom. The van der Waals surface area contributed by atoms with Crippen molar-refractivity contribution in [3.8, 4) is 0 Å². The predicted molar refractivity (Wildman–Crippen MR) is 95.4 cm³/mol. The summed E-state index contributed by atoms with van der Waals surface area (Å²) >= 11 is 0. The van der Waals surface area contributed by atoms with Gasteiger partial charge in [-0.15, -0.1) is 0 Å². The van der Waals surface area contributed by atoms with Crippen molar-refractivity contribution in [2.45, 2.75) is 24.2 Å². The molecule has 4 aliphatic rings. The molecule has 3 nitrogen and oxygen atoms in total. The maximum absolute atomic E-state index is 13.9. The Morgan fingerprint density at radius 3 is 2.00 bits per heavy atom. The molecule has 0 spiro atoms. The number of carbonyl (C=O) groups is 2. The highest BCUT2D eigenvalue weighted by Crippen LogP contribution is 2.58. The number of ketones is 2. The molecule has 1 saturated carbocycles. The fourth-order valence-electron chi connectivity index (χ4n) is 5.79. The number of rotatable bonds is 2. The first-order valence-corrected chi connectivity index (χ1v) is 8.95. The number of piperidine rings is 3. The lowest BCUT2D eigenvalue weighted by Crippen LogP contribution is -2.79. The predicted octanol–water partition coefficient (Wildman–Crippen LogP) is 2.74. The van der Waals surface area contributed by atoms with Gasteiger partial charge in [-0.05, 0) is 17.5 Å². The molecule has 4 bridgehead atoms. The van der Waals surface area contributed by atoms with Crippen LogP contribution in [0, 0.1) is 5.41 Å². The van der Waals surface area contributed by atoms with Crippen LogP contribution in [0.15, 0.2) is 60.7 Å². The minimum atomic E-state index is -1.01. The smallest absolute Gasteiger partial charge is 0.163 e. The molecular weight excluding hydrogens is 310 g/mol. The molecule has 4 fully saturated rings. The number of carbonyl (C=O) groups excluding carboxylic acids is 2. The fourth-order valence-corrected chi connectivity index (χ4v) is 5.79. The van der Waals surface area contributed by atoms with E-state index in [0.29, 0.717) is 13.0 Å². The van der Waals surface area contributed by atoms with Crippen molar-refractivity contribution in [2.75, 3.05) is 19.6 Å². The Labute approximate surface area is 147 Å². The average Bonchev–Trinajstić information content (AvgIpc) is 2.64. The lowest BCUT2D eigenvalue weighted by Gasteiger charge is -2.64. The van der Waals surface area contributed by atoms with Crippen molar-refractivity contribution < 1.29 is 9.59 Å². The minimum absolute atomic E-state index is 0.107. The molecule has 3 saturated heterocycles. The average molecular weight is 331 g/mol. The highest BCUT2D eigenvalue weighted by Gasteiger charge is 2.72. The Morgan fingerprint density at radius 2 is 1.36 bits per heavy atom. The van der Waals surface area contributed by atoms with E-state index < -0.39 is 16.2 Å². The van der Waals surface area contributed by atoms with Crippen LogP contribution in [0.2, 0.25) is 0 Å². The van der Waals surface area contributed by atoms with Crippen LogP contribution in [0.5, 0.6) is 0 Å². The van der Waals surface area contributed by atoms with Gasteiger partial charge in [-0.2, -0.15) is 0 Å². The zero-order valence-electron chi connectivity index (χ0n) is 14.4. The summed E-state index contributed by atoms with van der Waals surface area (Å²) in [5.41, 5.74) is -0.128. The van der Waals surface area contributed by atoms with Gasteiger partial charge >= 0.3 is 0 Å². The van der Waals surface area contributed by atoms with Crippen molar-refractivity contribution in [1.82, 2.24) is 4.90 Å². The van der Waals surface area contributed by atoms with Gasteiger partial charge in [0, 0.05) is 25.0 Å². The van der Waals surface area contributed by atoms with Gasteiger partial charge in [0.25, 0.3) is 0 Å². The maximum atomic E-state index is 13.9. The molecule has 2 aromatic carbocycles. The molecule has 0 amide bonds. The van der Waals surface area contributed by atoms with Gasteiger partial charge in [-0.25, -0.2) is 0 Å². The molecule has 1 aliphatic carbocycles. The van der Waals surface area contributed by atoms with Crippen LogP contribution < -0.4 is 0 Å². The van der Waals surface area contributed by atoms with E-state index in [-0.39, 0.29) is 11.6 Å². The standard InChI is InChI=1S/C22H21NO2/c1-20-12-21(16-8-4-2-5-9-16)14-23(13-20)15-22(18(20)24,19(21)25)17-10-6-3-7-11-17/h2-11H,12-15H2,1H3. The van der Waals surface area contributed by atoms with E-state index in [1.807, 2.05) is 48.5 Å². The van der Waals surface area contributed by atoms with Crippen molar-refractivity contribution in [2.24, 2.45) is 5.41 Å². The van der Waals surface area contributed by atoms with E-state index >= 15 is 0 Å². The fraction of sp³-hybridized carbons (Fsp3) is 0.364. The molecule has 126 valence electrons. The van der Waals surface area contributed by atoms with E-state index in [1.165, 1.54) is 0 Å². The van der Waals surface area contributed by atoms with E-state index in [4.69, 9.17) is 0 Å². The molecule has 25 heavy (non-hydrogen) atoms. The zero-order chi connectivity index (χ0) is 17.3. The van der Waals surface area contributed by atoms with Crippen LogP contribution in [0.1, 0.15) is 24.5 Å². The SMILES string of the molecule is CC12CN3CC(c4ccccc4)(C1)C(=O)C(c1ccccc1)(C3)C2=O. The van der Waals surface area contributed by atoms with Crippen molar-refractivity contribution in [3.63, 3.8) is 0 Å². The Bertz CT molecular complexity index is 877. The van der Waals surface area contributed by atoms with Crippen molar-refractivity contribution >= 4 is 11.6 Å². The van der Waals surface area contributed by atoms with Crippen LogP contribution in [0.25, 0.3) is 0 Å². The third-order valence-electron chi connectivity index (χ3n) is 6.57. The van der Waals surface area contributed by atoms with E-state index in [0.717, 1.165) is 24.2 Å². The van der Waals surface area contributed by atoms with Gasteiger partial charge in [0.15, 0.2) is 11.6 Å². The van der Waals surface area contributed by atoms with E-state index in [1.54, 1.807) is 0 Å². The molecule has 6 rings (SSSR count). The van der Waals surface area contributed by atoms with Crippen molar-refractivity contribution in [3.05, 3.63) is 71.8 Å². The molecule has 0 aromatic heterocycles. The van der Waals surface area contributed by atoms with Crippen molar-refractivity contribution in [1.29, 1.82) is 0 Å². The Kier molecular flexibility index (Phi) is 2.81.